The van der Waals surface area contributed by atoms with Crippen molar-refractivity contribution in [2.75, 3.05) is 18.0 Å². The average Bonchev–Trinajstić information content (AvgIpc) is 2.37. The minimum Gasteiger partial charge on any atom is -0.481 e. The van der Waals surface area contributed by atoms with Gasteiger partial charge in [0.15, 0.2) is 0 Å². The zero-order valence-electron chi connectivity index (χ0n) is 11.5. The Labute approximate surface area is 117 Å². The molecular formula is C14H19N3O3. The molecule has 0 radical (unpaired) electrons. The topological polar surface area (TPSA) is 96.5 Å². The Kier molecular flexibility index (Phi) is 4.22. The number of carbonyl (C=O) groups is 2. The van der Waals surface area contributed by atoms with Crippen LogP contribution < -0.4 is 10.6 Å². The lowest BCUT2D eigenvalue weighted by molar-refractivity contribution is -0.138. The van der Waals surface area contributed by atoms with Crippen molar-refractivity contribution in [3.05, 3.63) is 23.4 Å². The number of nitrogens with zero attached hydrogens (tertiary/aromatic N) is 2. The predicted molar refractivity (Wildman–Crippen MR) is 74.7 cm³/mol. The van der Waals surface area contributed by atoms with Crippen molar-refractivity contribution in [3.63, 3.8) is 0 Å². The zero-order chi connectivity index (χ0) is 14.7. The Morgan fingerprint density at radius 1 is 1.50 bits per heavy atom. The lowest BCUT2D eigenvalue weighted by Crippen LogP contribution is -2.38. The highest BCUT2D eigenvalue weighted by atomic mass is 16.4. The van der Waals surface area contributed by atoms with Gasteiger partial charge in [-0.3, -0.25) is 9.59 Å². The second-order valence-electron chi connectivity index (χ2n) is 5.24. The fourth-order valence-corrected chi connectivity index (χ4v) is 2.65. The van der Waals surface area contributed by atoms with Gasteiger partial charge in [-0.15, -0.1) is 0 Å². The fourth-order valence-electron chi connectivity index (χ4n) is 2.65. The van der Waals surface area contributed by atoms with Gasteiger partial charge in [0.2, 0.25) is 0 Å². The number of carboxylic acids is 1. The number of hydrogen-bond donors (Lipinski definition) is 2. The molecule has 0 aliphatic carbocycles. The lowest BCUT2D eigenvalue weighted by atomic mass is 9.94. The maximum atomic E-state index is 11.5. The molecule has 6 heteroatoms. The highest BCUT2D eigenvalue weighted by molar-refractivity contribution is 5.97. The molecule has 1 amide bonds. The van der Waals surface area contributed by atoms with Crippen LogP contribution in [-0.2, 0) is 4.79 Å². The molecule has 1 aliphatic rings. The van der Waals surface area contributed by atoms with E-state index in [-0.39, 0.29) is 12.3 Å². The van der Waals surface area contributed by atoms with Gasteiger partial charge in [0.1, 0.15) is 5.82 Å². The number of aromatic nitrogens is 1. The van der Waals surface area contributed by atoms with Gasteiger partial charge in [0.25, 0.3) is 5.91 Å². The predicted octanol–water partition coefficient (Wildman–Crippen LogP) is 1.18. The molecular weight excluding hydrogens is 258 g/mol. The number of carboxylic acid groups (broad SMARTS) is 1. The Morgan fingerprint density at radius 3 is 2.90 bits per heavy atom. The number of piperidine rings is 1. The summed E-state index contributed by atoms with van der Waals surface area (Å²) in [5, 5.41) is 8.90. The summed E-state index contributed by atoms with van der Waals surface area (Å²) in [7, 11) is 0. The van der Waals surface area contributed by atoms with Gasteiger partial charge in [0, 0.05) is 25.2 Å². The van der Waals surface area contributed by atoms with E-state index in [1.165, 1.54) is 0 Å². The van der Waals surface area contributed by atoms with E-state index in [9.17, 15) is 9.59 Å². The van der Waals surface area contributed by atoms with Crippen molar-refractivity contribution in [2.45, 2.75) is 26.2 Å². The molecule has 0 saturated carbocycles. The highest BCUT2D eigenvalue weighted by Crippen LogP contribution is 2.26. The van der Waals surface area contributed by atoms with Crippen molar-refractivity contribution < 1.29 is 14.7 Å². The largest absolute Gasteiger partial charge is 0.481 e. The second kappa shape index (κ2) is 5.90. The van der Waals surface area contributed by atoms with Gasteiger partial charge in [-0.2, -0.15) is 0 Å². The minimum atomic E-state index is -0.788. The third-order valence-electron chi connectivity index (χ3n) is 3.56. The number of aliphatic carboxylic acids is 1. The Bertz CT molecular complexity index is 530. The second-order valence-corrected chi connectivity index (χ2v) is 5.24. The SMILES string of the molecule is Cc1ccc(C(N)=O)c(N2CCCC(CC(=O)O)C2)n1. The number of amides is 1. The van der Waals surface area contributed by atoms with E-state index < -0.39 is 11.9 Å². The standard InChI is InChI=1S/C14H19N3O3/c1-9-4-5-11(13(15)20)14(16-9)17-6-2-3-10(8-17)7-12(18)19/h4-5,10H,2-3,6-8H2,1H3,(H2,15,20)(H,18,19). The van der Waals surface area contributed by atoms with Gasteiger partial charge in [-0.05, 0) is 37.8 Å². The molecule has 0 spiro atoms. The summed E-state index contributed by atoms with van der Waals surface area (Å²) in [4.78, 5) is 28.7. The van der Waals surface area contributed by atoms with E-state index >= 15 is 0 Å². The summed E-state index contributed by atoms with van der Waals surface area (Å²) in [6, 6.07) is 3.43. The van der Waals surface area contributed by atoms with Crippen LogP contribution in [0.1, 0.15) is 35.3 Å². The normalized spacial score (nSPS) is 18.9. The van der Waals surface area contributed by atoms with Crippen LogP contribution in [0.15, 0.2) is 12.1 Å². The Morgan fingerprint density at radius 2 is 2.25 bits per heavy atom. The van der Waals surface area contributed by atoms with Crippen LogP contribution >= 0.6 is 0 Å². The van der Waals surface area contributed by atoms with Crippen LogP contribution in [0.25, 0.3) is 0 Å². The van der Waals surface area contributed by atoms with Crippen molar-refractivity contribution in [1.82, 2.24) is 4.98 Å². The first-order valence-corrected chi connectivity index (χ1v) is 6.71. The number of aryl methyl sites for hydroxylation is 1. The summed E-state index contributed by atoms with van der Waals surface area (Å²) < 4.78 is 0. The molecule has 20 heavy (non-hydrogen) atoms. The van der Waals surface area contributed by atoms with Gasteiger partial charge in [0.05, 0.1) is 5.56 Å². The zero-order valence-corrected chi connectivity index (χ0v) is 11.5. The Balaban J connectivity index is 2.24. The Hall–Kier alpha value is -2.11. The molecule has 2 rings (SSSR count). The maximum Gasteiger partial charge on any atom is 0.303 e. The molecule has 108 valence electrons. The van der Waals surface area contributed by atoms with E-state index in [0.717, 1.165) is 25.1 Å². The average molecular weight is 277 g/mol. The first kappa shape index (κ1) is 14.3. The monoisotopic (exact) mass is 277 g/mol. The van der Waals surface area contributed by atoms with E-state index in [1.807, 2.05) is 11.8 Å². The van der Waals surface area contributed by atoms with Crippen LogP contribution in [0.4, 0.5) is 5.82 Å². The van der Waals surface area contributed by atoms with E-state index in [2.05, 4.69) is 4.98 Å². The molecule has 1 aromatic heterocycles. The molecule has 3 N–H and O–H groups in total. The molecule has 0 bridgehead atoms. The number of nitrogens with two attached hydrogens (primary N) is 1. The molecule has 0 aromatic carbocycles. The summed E-state index contributed by atoms with van der Waals surface area (Å²) in [5.41, 5.74) is 6.59. The van der Waals surface area contributed by atoms with E-state index in [1.54, 1.807) is 12.1 Å². The number of carbonyl (C=O) groups excluding carboxylic acids is 1. The summed E-state index contributed by atoms with van der Waals surface area (Å²) in [6.45, 7) is 3.23. The fraction of sp³-hybridized carbons (Fsp3) is 0.500. The van der Waals surface area contributed by atoms with Crippen LogP contribution in [0.2, 0.25) is 0 Å². The van der Waals surface area contributed by atoms with Crippen molar-refractivity contribution >= 4 is 17.7 Å². The number of pyridine rings is 1. The molecule has 1 atom stereocenters. The van der Waals surface area contributed by atoms with Crippen LogP contribution in [0.5, 0.6) is 0 Å². The third-order valence-corrected chi connectivity index (χ3v) is 3.56. The van der Waals surface area contributed by atoms with Gasteiger partial charge in [-0.1, -0.05) is 0 Å². The first-order chi connectivity index (χ1) is 9.47. The molecule has 1 unspecified atom stereocenters. The summed E-state index contributed by atoms with van der Waals surface area (Å²) >= 11 is 0. The van der Waals surface area contributed by atoms with Gasteiger partial charge in [-0.25, -0.2) is 4.98 Å². The highest BCUT2D eigenvalue weighted by Gasteiger charge is 2.25. The number of anilines is 1. The molecule has 1 fully saturated rings. The number of hydrogen-bond acceptors (Lipinski definition) is 4. The lowest BCUT2D eigenvalue weighted by Gasteiger charge is -2.33. The third kappa shape index (κ3) is 3.26. The maximum absolute atomic E-state index is 11.5. The van der Waals surface area contributed by atoms with Crippen LogP contribution in [-0.4, -0.2) is 35.1 Å². The summed E-state index contributed by atoms with van der Waals surface area (Å²) in [5.74, 6) is -0.631. The summed E-state index contributed by atoms with van der Waals surface area (Å²) in [6.07, 6.45) is 1.93. The first-order valence-electron chi connectivity index (χ1n) is 6.71. The van der Waals surface area contributed by atoms with E-state index in [4.69, 9.17) is 10.8 Å². The van der Waals surface area contributed by atoms with E-state index in [0.29, 0.717) is 17.9 Å². The molecule has 1 aromatic rings. The molecule has 6 nitrogen and oxygen atoms in total. The smallest absolute Gasteiger partial charge is 0.303 e. The van der Waals surface area contributed by atoms with Crippen molar-refractivity contribution in [3.8, 4) is 0 Å². The van der Waals surface area contributed by atoms with Gasteiger partial charge >= 0.3 is 5.97 Å². The van der Waals surface area contributed by atoms with Crippen LogP contribution in [0.3, 0.4) is 0 Å². The number of primary amides is 1. The molecule has 2 heterocycles. The van der Waals surface area contributed by atoms with Crippen molar-refractivity contribution in [2.24, 2.45) is 11.7 Å². The van der Waals surface area contributed by atoms with Crippen molar-refractivity contribution in [1.29, 1.82) is 0 Å². The molecule has 1 saturated heterocycles. The quantitative estimate of drug-likeness (QED) is 0.861. The number of rotatable bonds is 4. The molecule has 1 aliphatic heterocycles. The minimum absolute atomic E-state index is 0.0873. The van der Waals surface area contributed by atoms with Crippen LogP contribution in [0, 0.1) is 12.8 Å². The van der Waals surface area contributed by atoms with Gasteiger partial charge < -0.3 is 15.7 Å².